The molecule has 1 N–H and O–H groups in total. The lowest BCUT2D eigenvalue weighted by atomic mass is 10.1. The molecule has 0 aliphatic carbocycles. The van der Waals surface area contributed by atoms with E-state index in [1.54, 1.807) is 12.1 Å². The quantitative estimate of drug-likeness (QED) is 0.593. The summed E-state index contributed by atoms with van der Waals surface area (Å²) in [6.45, 7) is 0.237. The summed E-state index contributed by atoms with van der Waals surface area (Å²) < 4.78 is 19.0. The Kier molecular flexibility index (Phi) is 2.79. The van der Waals surface area contributed by atoms with E-state index in [-0.39, 0.29) is 12.4 Å². The normalized spacial score (nSPS) is 20.6. The molecule has 0 radical (unpaired) electrons. The van der Waals surface area contributed by atoms with Crippen LogP contribution in [-0.2, 0) is 4.18 Å². The maximum atomic E-state index is 12.9. The average Bonchev–Trinajstić information content (AvgIpc) is 2.65. The highest BCUT2D eigenvalue weighted by Crippen LogP contribution is 2.35. The fraction of sp³-hybridized carbons (Fsp3) is 0.222. The van der Waals surface area contributed by atoms with Crippen LogP contribution in [0.4, 0.5) is 9.18 Å². The molecule has 1 amide bonds. The van der Waals surface area contributed by atoms with Crippen LogP contribution in [0.2, 0.25) is 0 Å². The average molecular weight is 229 g/mol. The molecule has 2 rings (SSSR count). The third-order valence-corrected chi connectivity index (χ3v) is 2.88. The largest absolute Gasteiger partial charge is 0.464 e. The minimum atomic E-state index is -1.09. The third-order valence-electron chi connectivity index (χ3n) is 2.06. The first-order chi connectivity index (χ1) is 7.18. The molecule has 1 atom stereocenters. The summed E-state index contributed by atoms with van der Waals surface area (Å²) in [4.78, 5) is 10.8. The van der Waals surface area contributed by atoms with Gasteiger partial charge in [-0.1, -0.05) is 12.1 Å². The molecule has 0 unspecified atom stereocenters. The van der Waals surface area contributed by atoms with Crippen LogP contribution in [-0.4, -0.2) is 22.1 Å². The number of hydrogen-bond donors (Lipinski definition) is 1. The van der Waals surface area contributed by atoms with Crippen LogP contribution in [0.5, 0.6) is 0 Å². The first-order valence-corrected chi connectivity index (χ1v) is 4.95. The molecular formula is C9H8FNO3S. The van der Waals surface area contributed by atoms with Crippen molar-refractivity contribution in [2.45, 2.75) is 6.04 Å². The van der Waals surface area contributed by atoms with E-state index in [1.807, 2.05) is 0 Å². The van der Waals surface area contributed by atoms with Crippen molar-refractivity contribution in [2.24, 2.45) is 0 Å². The number of hydrogen-bond acceptors (Lipinski definition) is 3. The van der Waals surface area contributed by atoms with Gasteiger partial charge in [-0.25, -0.2) is 13.5 Å². The number of halogens is 1. The van der Waals surface area contributed by atoms with E-state index in [4.69, 9.17) is 9.29 Å². The van der Waals surface area contributed by atoms with E-state index in [0.29, 0.717) is 5.56 Å². The van der Waals surface area contributed by atoms with Crippen molar-refractivity contribution in [3.63, 3.8) is 0 Å². The number of amides is 1. The Bertz CT molecular complexity index is 387. The van der Waals surface area contributed by atoms with Crippen molar-refractivity contribution >= 4 is 18.3 Å². The highest BCUT2D eigenvalue weighted by Gasteiger charge is 2.32. The van der Waals surface area contributed by atoms with Crippen molar-refractivity contribution in [1.29, 1.82) is 0 Å². The number of rotatable bonds is 1. The van der Waals surface area contributed by atoms with Gasteiger partial charge < -0.3 is 5.11 Å². The maximum absolute atomic E-state index is 12.9. The van der Waals surface area contributed by atoms with Gasteiger partial charge in [-0.2, -0.15) is 0 Å². The van der Waals surface area contributed by atoms with Gasteiger partial charge in [0.15, 0.2) is 0 Å². The molecule has 1 aromatic carbocycles. The Morgan fingerprint density at radius 2 is 2.47 bits per heavy atom. The zero-order valence-corrected chi connectivity index (χ0v) is 8.41. The lowest BCUT2D eigenvalue weighted by Crippen LogP contribution is -2.24. The molecule has 0 aromatic heterocycles. The van der Waals surface area contributed by atoms with Gasteiger partial charge in [0, 0.05) is 0 Å². The Hall–Kier alpha value is -1.27. The van der Waals surface area contributed by atoms with Crippen LogP contribution < -0.4 is 0 Å². The number of carbonyl (C=O) groups is 1. The Balaban J connectivity index is 2.26. The number of benzene rings is 1. The van der Waals surface area contributed by atoms with E-state index in [0.717, 1.165) is 16.5 Å². The summed E-state index contributed by atoms with van der Waals surface area (Å²) in [6.07, 6.45) is -1.09. The lowest BCUT2D eigenvalue weighted by molar-refractivity contribution is 0.166. The second kappa shape index (κ2) is 4.08. The van der Waals surface area contributed by atoms with Crippen molar-refractivity contribution in [3.05, 3.63) is 35.6 Å². The molecule has 6 heteroatoms. The topological polar surface area (TPSA) is 49.8 Å². The fourth-order valence-electron chi connectivity index (χ4n) is 1.38. The Morgan fingerprint density at radius 3 is 3.13 bits per heavy atom. The number of nitrogens with zero attached hydrogens (tertiary/aromatic N) is 1. The Morgan fingerprint density at radius 1 is 1.67 bits per heavy atom. The standard InChI is InChI=1S/C9H8FNO3S/c10-7-3-1-2-6(4-7)8-5-14-15-11(8)9(12)13/h1-4,8H,5H2,(H,12,13)/t8-/m1/s1. The summed E-state index contributed by atoms with van der Waals surface area (Å²) in [5.41, 5.74) is 0.599. The zero-order chi connectivity index (χ0) is 10.8. The van der Waals surface area contributed by atoms with E-state index < -0.39 is 12.1 Å². The van der Waals surface area contributed by atoms with E-state index in [9.17, 15) is 9.18 Å². The fourth-order valence-corrected chi connectivity index (χ4v) is 2.04. The van der Waals surface area contributed by atoms with Crippen LogP contribution in [0, 0.1) is 5.82 Å². The van der Waals surface area contributed by atoms with Gasteiger partial charge >= 0.3 is 6.09 Å². The Labute approximate surface area is 90.0 Å². The lowest BCUT2D eigenvalue weighted by Gasteiger charge is -2.17. The number of carboxylic acid groups (broad SMARTS) is 1. The monoisotopic (exact) mass is 229 g/mol. The van der Waals surface area contributed by atoms with Crippen LogP contribution >= 0.6 is 12.2 Å². The second-order valence-electron chi connectivity index (χ2n) is 3.04. The maximum Gasteiger partial charge on any atom is 0.419 e. The van der Waals surface area contributed by atoms with Gasteiger partial charge in [-0.15, -0.1) is 0 Å². The molecule has 1 heterocycles. The summed E-state index contributed by atoms with van der Waals surface area (Å²) in [7, 11) is 0. The van der Waals surface area contributed by atoms with Gasteiger partial charge in [-0.05, 0) is 17.7 Å². The summed E-state index contributed by atoms with van der Waals surface area (Å²) in [5.74, 6) is -0.380. The van der Waals surface area contributed by atoms with Crippen molar-refractivity contribution in [3.8, 4) is 0 Å². The minimum absolute atomic E-state index is 0.237. The first kappa shape index (κ1) is 10.3. The molecule has 80 valence electrons. The molecule has 1 saturated heterocycles. The van der Waals surface area contributed by atoms with Crippen LogP contribution in [0.1, 0.15) is 11.6 Å². The van der Waals surface area contributed by atoms with Crippen molar-refractivity contribution in [2.75, 3.05) is 6.61 Å². The molecule has 1 aliphatic rings. The van der Waals surface area contributed by atoms with Crippen LogP contribution in [0.25, 0.3) is 0 Å². The molecule has 1 aliphatic heterocycles. The smallest absolute Gasteiger partial charge is 0.419 e. The van der Waals surface area contributed by atoms with Gasteiger partial charge in [0.2, 0.25) is 0 Å². The predicted molar refractivity (Wildman–Crippen MR) is 52.5 cm³/mol. The van der Waals surface area contributed by atoms with E-state index in [1.165, 1.54) is 12.1 Å². The van der Waals surface area contributed by atoms with Crippen LogP contribution in [0.3, 0.4) is 0 Å². The van der Waals surface area contributed by atoms with Crippen LogP contribution in [0.15, 0.2) is 24.3 Å². The van der Waals surface area contributed by atoms with Gasteiger partial charge in [0.25, 0.3) is 0 Å². The zero-order valence-electron chi connectivity index (χ0n) is 7.59. The SMILES string of the molecule is O=C(O)N1SOC[C@@H]1c1cccc(F)c1. The summed E-state index contributed by atoms with van der Waals surface area (Å²) in [5, 5.41) is 8.85. The molecule has 15 heavy (non-hydrogen) atoms. The summed E-state index contributed by atoms with van der Waals surface area (Å²) in [6, 6.07) is 5.42. The van der Waals surface area contributed by atoms with E-state index in [2.05, 4.69) is 0 Å². The predicted octanol–water partition coefficient (Wildman–Crippen LogP) is 2.44. The van der Waals surface area contributed by atoms with Crippen molar-refractivity contribution < 1.29 is 18.5 Å². The third kappa shape index (κ3) is 2.05. The summed E-state index contributed by atoms with van der Waals surface area (Å²) >= 11 is 0.771. The molecule has 0 bridgehead atoms. The van der Waals surface area contributed by atoms with Gasteiger partial charge in [0.05, 0.1) is 12.6 Å². The van der Waals surface area contributed by atoms with Gasteiger partial charge in [0.1, 0.15) is 18.0 Å². The van der Waals surface area contributed by atoms with Gasteiger partial charge in [-0.3, -0.25) is 4.18 Å². The molecule has 4 nitrogen and oxygen atoms in total. The molecule has 0 saturated carbocycles. The highest BCUT2D eigenvalue weighted by atomic mass is 32.2. The minimum Gasteiger partial charge on any atom is -0.464 e. The second-order valence-corrected chi connectivity index (χ2v) is 3.82. The molecule has 1 fully saturated rings. The highest BCUT2D eigenvalue weighted by molar-refractivity contribution is 7.93. The van der Waals surface area contributed by atoms with E-state index >= 15 is 0 Å². The first-order valence-electron chi connectivity index (χ1n) is 4.25. The molecule has 0 spiro atoms. The molecular weight excluding hydrogens is 221 g/mol. The van der Waals surface area contributed by atoms with Crippen molar-refractivity contribution in [1.82, 2.24) is 4.31 Å². The molecule has 1 aromatic rings.